The van der Waals surface area contributed by atoms with Crippen LogP contribution in [0.15, 0.2) is 34.5 Å². The summed E-state index contributed by atoms with van der Waals surface area (Å²) >= 11 is 0. The fourth-order valence-corrected chi connectivity index (χ4v) is 2.72. The molecule has 0 spiro atoms. The normalized spacial score (nSPS) is 14.2. The van der Waals surface area contributed by atoms with Gasteiger partial charge in [0.2, 0.25) is 5.82 Å². The first-order valence-electron chi connectivity index (χ1n) is 8.83. The number of hydrogen-bond donors (Lipinski definition) is 1. The van der Waals surface area contributed by atoms with Crippen LogP contribution in [0.1, 0.15) is 55.5 Å². The molecule has 27 heavy (non-hydrogen) atoms. The predicted molar refractivity (Wildman–Crippen MR) is 98.0 cm³/mol. The quantitative estimate of drug-likeness (QED) is 0.726. The molecule has 1 aliphatic heterocycles. The Morgan fingerprint density at radius 1 is 1.33 bits per heavy atom. The van der Waals surface area contributed by atoms with Gasteiger partial charge in [0.1, 0.15) is 17.3 Å². The molecule has 0 atom stereocenters. The average molecular weight is 368 g/mol. The predicted octanol–water partition coefficient (Wildman–Crippen LogP) is 3.23. The van der Waals surface area contributed by atoms with Gasteiger partial charge in [-0.05, 0) is 12.1 Å². The van der Waals surface area contributed by atoms with Crippen LogP contribution >= 0.6 is 0 Å². The molecule has 0 bridgehead atoms. The molecular weight excluding hydrogens is 347 g/mol. The van der Waals surface area contributed by atoms with Gasteiger partial charge in [-0.15, -0.1) is 17.4 Å². The van der Waals surface area contributed by atoms with E-state index < -0.39 is 17.4 Å². The highest BCUT2D eigenvalue weighted by atomic mass is 19.1. The Labute approximate surface area is 157 Å². The van der Waals surface area contributed by atoms with E-state index in [0.717, 1.165) is 0 Å². The van der Waals surface area contributed by atoms with Gasteiger partial charge in [0.25, 0.3) is 5.91 Å². The standard InChI is InChI=1S/C19H21FN6O/c1-4-5-10-19(24-25-19)11-12-21-18(27)16-22-17(13(2)3)26(23-16)15-9-7-6-8-14(15)20/h1,6-9,13H,5,10-12H2,2-3H3,(H,21,27). The van der Waals surface area contributed by atoms with Crippen LogP contribution in [0.3, 0.4) is 0 Å². The lowest BCUT2D eigenvalue weighted by Crippen LogP contribution is -2.29. The molecule has 2 heterocycles. The van der Waals surface area contributed by atoms with Crippen LogP contribution in [0.2, 0.25) is 0 Å². The molecule has 1 aliphatic rings. The number of para-hydroxylation sites is 1. The number of hydrogen-bond acceptors (Lipinski definition) is 5. The summed E-state index contributed by atoms with van der Waals surface area (Å²) in [4.78, 5) is 16.7. The molecule has 0 aliphatic carbocycles. The maximum atomic E-state index is 14.1. The number of nitrogens with one attached hydrogen (secondary N) is 1. The van der Waals surface area contributed by atoms with Gasteiger partial charge in [0.05, 0.1) is 0 Å². The molecule has 1 amide bonds. The molecule has 3 rings (SSSR count). The summed E-state index contributed by atoms with van der Waals surface area (Å²) < 4.78 is 15.5. The number of nitrogens with zero attached hydrogens (tertiary/aromatic N) is 5. The summed E-state index contributed by atoms with van der Waals surface area (Å²) in [5.41, 5.74) is -0.195. The van der Waals surface area contributed by atoms with E-state index in [1.165, 1.54) is 10.7 Å². The van der Waals surface area contributed by atoms with Crippen molar-refractivity contribution in [2.24, 2.45) is 10.2 Å². The van der Waals surface area contributed by atoms with Crippen LogP contribution in [0, 0.1) is 18.2 Å². The van der Waals surface area contributed by atoms with E-state index in [-0.39, 0.29) is 17.4 Å². The maximum absolute atomic E-state index is 14.1. The second-order valence-electron chi connectivity index (χ2n) is 6.70. The highest BCUT2D eigenvalue weighted by Crippen LogP contribution is 2.36. The van der Waals surface area contributed by atoms with Crippen molar-refractivity contribution in [2.75, 3.05) is 6.54 Å². The fourth-order valence-electron chi connectivity index (χ4n) is 2.72. The molecule has 0 unspecified atom stereocenters. The summed E-state index contributed by atoms with van der Waals surface area (Å²) in [6.45, 7) is 4.20. The zero-order valence-corrected chi connectivity index (χ0v) is 15.3. The van der Waals surface area contributed by atoms with Crippen LogP contribution < -0.4 is 5.32 Å². The lowest BCUT2D eigenvalue weighted by Gasteiger charge is -2.08. The topological polar surface area (TPSA) is 84.5 Å². The third-order valence-electron chi connectivity index (χ3n) is 4.30. The number of rotatable bonds is 8. The fraction of sp³-hybridized carbons (Fsp3) is 0.421. The van der Waals surface area contributed by atoms with Crippen LogP contribution in [0.4, 0.5) is 4.39 Å². The van der Waals surface area contributed by atoms with E-state index in [9.17, 15) is 9.18 Å². The smallest absolute Gasteiger partial charge is 0.290 e. The molecule has 8 heteroatoms. The monoisotopic (exact) mass is 368 g/mol. The first-order chi connectivity index (χ1) is 13.0. The Balaban J connectivity index is 1.70. The largest absolute Gasteiger partial charge is 0.349 e. The number of aromatic nitrogens is 3. The lowest BCUT2D eigenvalue weighted by molar-refractivity contribution is 0.0941. The number of amides is 1. The van der Waals surface area contributed by atoms with E-state index in [2.05, 4.69) is 31.5 Å². The average Bonchev–Trinajstić information content (AvgIpc) is 3.26. The molecule has 7 nitrogen and oxygen atoms in total. The van der Waals surface area contributed by atoms with Gasteiger partial charge >= 0.3 is 0 Å². The SMILES string of the molecule is C#CCCC1(CCNC(=O)c2nc(C(C)C)n(-c3ccccc3F)n2)N=N1. The van der Waals surface area contributed by atoms with E-state index in [1.807, 2.05) is 13.8 Å². The highest BCUT2D eigenvalue weighted by Gasteiger charge is 2.38. The molecular formula is C19H21FN6O. The van der Waals surface area contributed by atoms with Crippen molar-refractivity contribution in [3.8, 4) is 18.0 Å². The third kappa shape index (κ3) is 4.19. The molecule has 1 aromatic heterocycles. The number of halogens is 1. The molecule has 0 saturated heterocycles. The molecule has 0 saturated carbocycles. The molecule has 2 aromatic rings. The van der Waals surface area contributed by atoms with E-state index in [4.69, 9.17) is 6.42 Å². The first-order valence-corrected chi connectivity index (χ1v) is 8.83. The van der Waals surface area contributed by atoms with Gasteiger partial charge in [0, 0.05) is 31.7 Å². The van der Waals surface area contributed by atoms with Gasteiger partial charge in [0.15, 0.2) is 5.66 Å². The second-order valence-corrected chi connectivity index (χ2v) is 6.70. The molecule has 1 N–H and O–H groups in total. The minimum Gasteiger partial charge on any atom is -0.349 e. The zero-order chi connectivity index (χ0) is 19.4. The maximum Gasteiger partial charge on any atom is 0.290 e. The van der Waals surface area contributed by atoms with Crippen molar-refractivity contribution < 1.29 is 9.18 Å². The summed E-state index contributed by atoms with van der Waals surface area (Å²) in [7, 11) is 0. The van der Waals surface area contributed by atoms with Gasteiger partial charge in [-0.1, -0.05) is 26.0 Å². The first kappa shape index (κ1) is 18.7. The summed E-state index contributed by atoms with van der Waals surface area (Å²) in [5.74, 6) is 2.21. The molecule has 0 fully saturated rings. The van der Waals surface area contributed by atoms with Crippen LogP contribution in [0.25, 0.3) is 5.69 Å². The lowest BCUT2D eigenvalue weighted by atomic mass is 10.0. The Morgan fingerprint density at radius 3 is 2.70 bits per heavy atom. The number of benzene rings is 1. The Bertz CT molecular complexity index is 905. The van der Waals surface area contributed by atoms with Gasteiger partial charge in [-0.3, -0.25) is 4.79 Å². The van der Waals surface area contributed by atoms with Gasteiger partial charge in [-0.25, -0.2) is 14.1 Å². The van der Waals surface area contributed by atoms with E-state index in [0.29, 0.717) is 31.6 Å². The van der Waals surface area contributed by atoms with E-state index >= 15 is 0 Å². The van der Waals surface area contributed by atoms with Crippen molar-refractivity contribution in [2.45, 2.75) is 44.7 Å². The minimum absolute atomic E-state index is 0.00398. The van der Waals surface area contributed by atoms with Crippen LogP contribution in [0.5, 0.6) is 0 Å². The number of carbonyl (C=O) groups is 1. The number of carbonyl (C=O) groups excluding carboxylic acids is 1. The van der Waals surface area contributed by atoms with Crippen LogP contribution in [-0.4, -0.2) is 32.9 Å². The molecule has 140 valence electrons. The Hall–Kier alpha value is -3.08. The van der Waals surface area contributed by atoms with Gasteiger partial charge < -0.3 is 5.32 Å². The molecule has 1 aromatic carbocycles. The van der Waals surface area contributed by atoms with Crippen molar-refractivity contribution in [3.05, 3.63) is 41.7 Å². The zero-order valence-electron chi connectivity index (χ0n) is 15.3. The summed E-state index contributed by atoms with van der Waals surface area (Å²) in [6.07, 6.45) is 7.11. The van der Waals surface area contributed by atoms with Crippen molar-refractivity contribution in [1.29, 1.82) is 0 Å². The highest BCUT2D eigenvalue weighted by molar-refractivity contribution is 5.90. The summed E-state index contributed by atoms with van der Waals surface area (Å²) in [5, 5.41) is 15.1. The third-order valence-corrected chi connectivity index (χ3v) is 4.30. The van der Waals surface area contributed by atoms with Crippen molar-refractivity contribution in [1.82, 2.24) is 20.1 Å². The van der Waals surface area contributed by atoms with Crippen molar-refractivity contribution >= 4 is 5.91 Å². The van der Waals surface area contributed by atoms with E-state index in [1.54, 1.807) is 18.2 Å². The van der Waals surface area contributed by atoms with Crippen molar-refractivity contribution in [3.63, 3.8) is 0 Å². The molecule has 0 radical (unpaired) electrons. The Morgan fingerprint density at radius 2 is 2.07 bits per heavy atom. The second kappa shape index (κ2) is 7.66. The summed E-state index contributed by atoms with van der Waals surface area (Å²) in [6, 6.07) is 6.26. The van der Waals surface area contributed by atoms with Crippen LogP contribution in [-0.2, 0) is 0 Å². The minimum atomic E-state index is -0.456. The number of terminal acetylenes is 1. The Kier molecular flexibility index (Phi) is 5.31. The van der Waals surface area contributed by atoms with Gasteiger partial charge in [-0.2, -0.15) is 10.2 Å².